The Morgan fingerprint density at radius 1 is 1.83 bits per heavy atom. The van der Waals surface area contributed by atoms with Crippen molar-refractivity contribution in [2.45, 2.75) is 0 Å². The van der Waals surface area contributed by atoms with E-state index < -0.39 is 0 Å². The van der Waals surface area contributed by atoms with Gasteiger partial charge in [0, 0.05) is 0 Å². The van der Waals surface area contributed by atoms with Crippen LogP contribution in [0.15, 0.2) is 11.4 Å². The van der Waals surface area contributed by atoms with E-state index in [1.54, 1.807) is 5.38 Å². The van der Waals surface area contributed by atoms with Crippen molar-refractivity contribution in [1.82, 2.24) is 0 Å². The molecule has 6 heavy (non-hydrogen) atoms. The molecule has 1 aromatic rings. The van der Waals surface area contributed by atoms with E-state index in [-0.39, 0.29) is 5.82 Å². The van der Waals surface area contributed by atoms with Gasteiger partial charge >= 0.3 is 0 Å². The highest BCUT2D eigenvalue weighted by Gasteiger charge is 1.81. The highest BCUT2D eigenvalue weighted by molar-refractivity contribution is 7.07. The summed E-state index contributed by atoms with van der Waals surface area (Å²) < 4.78 is 11.6. The lowest BCUT2D eigenvalue weighted by Gasteiger charge is -1.58. The number of rotatable bonds is 0. The molecule has 1 radical (unpaired) electrons. The predicted octanol–water partition coefficient (Wildman–Crippen LogP) is 1.69. The molecule has 0 aliphatic heterocycles. The SMILES string of the molecule is Fc1[c]scc1. The van der Waals surface area contributed by atoms with Crippen molar-refractivity contribution in [3.63, 3.8) is 0 Å². The summed E-state index contributed by atoms with van der Waals surface area (Å²) in [4.78, 5) is 0. The summed E-state index contributed by atoms with van der Waals surface area (Å²) in [6.07, 6.45) is 0. The van der Waals surface area contributed by atoms with Gasteiger partial charge in [-0.05, 0) is 11.4 Å². The number of halogens is 1. The van der Waals surface area contributed by atoms with Crippen LogP contribution in [-0.4, -0.2) is 0 Å². The fraction of sp³-hybridized carbons (Fsp3) is 0. The molecule has 0 spiro atoms. The quantitative estimate of drug-likeness (QED) is 0.466. The van der Waals surface area contributed by atoms with Crippen molar-refractivity contribution in [3.8, 4) is 0 Å². The Morgan fingerprint density at radius 2 is 2.67 bits per heavy atom. The molecule has 0 unspecified atom stereocenters. The molecule has 0 aliphatic rings. The molecule has 31 valence electrons. The second-order valence-corrected chi connectivity index (χ2v) is 1.58. The first kappa shape index (κ1) is 3.81. The lowest BCUT2D eigenvalue weighted by molar-refractivity contribution is 0.631. The first-order valence-corrected chi connectivity index (χ1v) is 2.38. The molecule has 0 saturated heterocycles. The molecule has 1 heterocycles. The molecule has 0 amide bonds. The average molecular weight is 101 g/mol. The van der Waals surface area contributed by atoms with Gasteiger partial charge in [-0.1, -0.05) is 0 Å². The van der Waals surface area contributed by atoms with Crippen LogP contribution in [-0.2, 0) is 0 Å². The molecular formula is C4H2FS. The Bertz CT molecular complexity index is 111. The molecule has 0 aromatic carbocycles. The molecular weight excluding hydrogens is 99.1 g/mol. The number of hydrogen-bond donors (Lipinski definition) is 0. The average Bonchev–Trinajstić information content (AvgIpc) is 1.86. The van der Waals surface area contributed by atoms with Crippen LogP contribution in [0.3, 0.4) is 0 Å². The Labute approximate surface area is 39.2 Å². The lowest BCUT2D eigenvalue weighted by atomic mass is 10.6. The third-order valence-corrected chi connectivity index (χ3v) is 1.02. The summed E-state index contributed by atoms with van der Waals surface area (Å²) in [5.74, 6) is -0.264. The fourth-order valence-corrected chi connectivity index (χ4v) is 0.654. The van der Waals surface area contributed by atoms with Crippen molar-refractivity contribution in [1.29, 1.82) is 0 Å². The van der Waals surface area contributed by atoms with Crippen LogP contribution in [0.5, 0.6) is 0 Å². The van der Waals surface area contributed by atoms with E-state index in [1.807, 2.05) is 0 Å². The molecule has 0 fully saturated rings. The fourth-order valence-electron chi connectivity index (χ4n) is 0.218. The standard InChI is InChI=1S/C4H2FS/c5-4-1-2-6-3-4/h1-2H. The van der Waals surface area contributed by atoms with Gasteiger partial charge in [0.15, 0.2) is 0 Å². The summed E-state index contributed by atoms with van der Waals surface area (Å²) in [5.41, 5.74) is 0. The third-order valence-electron chi connectivity index (χ3n) is 0.439. The van der Waals surface area contributed by atoms with Crippen molar-refractivity contribution in [3.05, 3.63) is 22.6 Å². The van der Waals surface area contributed by atoms with Gasteiger partial charge in [-0.25, -0.2) is 4.39 Å². The minimum Gasteiger partial charge on any atom is -0.205 e. The summed E-state index contributed by atoms with van der Waals surface area (Å²) in [5, 5.41) is 4.02. The molecule has 1 rings (SSSR count). The van der Waals surface area contributed by atoms with E-state index in [2.05, 4.69) is 5.38 Å². The molecule has 0 saturated carbocycles. The second-order valence-electron chi connectivity index (χ2n) is 0.871. The van der Waals surface area contributed by atoms with Crippen LogP contribution < -0.4 is 0 Å². The van der Waals surface area contributed by atoms with Crippen molar-refractivity contribution in [2.75, 3.05) is 0 Å². The largest absolute Gasteiger partial charge is 0.205 e. The maximum Gasteiger partial charge on any atom is 0.142 e. The molecule has 0 nitrogen and oxygen atoms in total. The monoisotopic (exact) mass is 101 g/mol. The van der Waals surface area contributed by atoms with Gasteiger partial charge in [-0.15, -0.1) is 11.3 Å². The first-order chi connectivity index (χ1) is 2.89. The summed E-state index contributed by atoms with van der Waals surface area (Å²) in [6, 6.07) is 1.38. The van der Waals surface area contributed by atoms with Crippen LogP contribution in [0.4, 0.5) is 4.39 Å². The van der Waals surface area contributed by atoms with Crippen LogP contribution in [0.1, 0.15) is 0 Å². The van der Waals surface area contributed by atoms with Gasteiger partial charge in [0.2, 0.25) is 0 Å². The minimum atomic E-state index is -0.264. The topological polar surface area (TPSA) is 0 Å². The molecule has 1 aromatic heterocycles. The Kier molecular flexibility index (Phi) is 0.881. The molecule has 2 heteroatoms. The van der Waals surface area contributed by atoms with Gasteiger partial charge in [0.05, 0.1) is 5.38 Å². The Balaban J connectivity index is 3.05. The lowest BCUT2D eigenvalue weighted by Crippen LogP contribution is -1.50. The van der Waals surface area contributed by atoms with Crippen LogP contribution in [0.25, 0.3) is 0 Å². The summed E-state index contributed by atoms with van der Waals surface area (Å²) >= 11 is 1.24. The van der Waals surface area contributed by atoms with Crippen molar-refractivity contribution >= 4 is 11.3 Å². The minimum absolute atomic E-state index is 0.264. The maximum absolute atomic E-state index is 11.6. The van der Waals surface area contributed by atoms with Crippen molar-refractivity contribution < 1.29 is 4.39 Å². The number of thiophene rings is 1. The van der Waals surface area contributed by atoms with Crippen LogP contribution in [0, 0.1) is 11.2 Å². The molecule has 0 bridgehead atoms. The first-order valence-electron chi connectivity index (χ1n) is 1.50. The van der Waals surface area contributed by atoms with E-state index in [4.69, 9.17) is 0 Å². The maximum atomic E-state index is 11.6. The van der Waals surface area contributed by atoms with Gasteiger partial charge in [0.25, 0.3) is 0 Å². The van der Waals surface area contributed by atoms with E-state index in [1.165, 1.54) is 17.4 Å². The van der Waals surface area contributed by atoms with Gasteiger partial charge < -0.3 is 0 Å². The second kappa shape index (κ2) is 1.39. The van der Waals surface area contributed by atoms with Crippen LogP contribution in [0.2, 0.25) is 0 Å². The van der Waals surface area contributed by atoms with Gasteiger partial charge in [-0.3, -0.25) is 0 Å². The zero-order valence-corrected chi connectivity index (χ0v) is 3.76. The third kappa shape index (κ3) is 0.571. The summed E-state index contributed by atoms with van der Waals surface area (Å²) in [7, 11) is 0. The predicted molar refractivity (Wildman–Crippen MR) is 23.1 cm³/mol. The van der Waals surface area contributed by atoms with Crippen molar-refractivity contribution in [2.24, 2.45) is 0 Å². The van der Waals surface area contributed by atoms with E-state index in [9.17, 15) is 4.39 Å². The normalized spacial score (nSPS) is 8.83. The highest BCUT2D eigenvalue weighted by atomic mass is 32.1. The summed E-state index contributed by atoms with van der Waals surface area (Å²) in [6.45, 7) is 0. The van der Waals surface area contributed by atoms with E-state index in [0.717, 1.165) is 0 Å². The highest BCUT2D eigenvalue weighted by Crippen LogP contribution is 1.99. The van der Waals surface area contributed by atoms with Crippen LogP contribution >= 0.6 is 11.3 Å². The van der Waals surface area contributed by atoms with E-state index >= 15 is 0 Å². The smallest absolute Gasteiger partial charge is 0.142 e. The molecule has 0 N–H and O–H groups in total. The molecule has 0 aliphatic carbocycles. The Morgan fingerprint density at radius 3 is 2.83 bits per heavy atom. The zero-order valence-electron chi connectivity index (χ0n) is 2.94. The van der Waals surface area contributed by atoms with E-state index in [0.29, 0.717) is 0 Å². The van der Waals surface area contributed by atoms with Gasteiger partial charge in [0.1, 0.15) is 5.82 Å². The van der Waals surface area contributed by atoms with Gasteiger partial charge in [-0.2, -0.15) is 0 Å². The number of hydrogen-bond acceptors (Lipinski definition) is 1. The molecule has 0 atom stereocenters. The zero-order chi connectivity index (χ0) is 4.41. The Hall–Kier alpha value is -0.370.